The third-order valence-corrected chi connectivity index (χ3v) is 2.48. The molecule has 0 radical (unpaired) electrons. The highest BCUT2D eigenvalue weighted by molar-refractivity contribution is 5.77. The van der Waals surface area contributed by atoms with Crippen molar-refractivity contribution in [3.05, 3.63) is 35.7 Å². The van der Waals surface area contributed by atoms with E-state index in [1.54, 1.807) is 31.2 Å². The van der Waals surface area contributed by atoms with Crippen LogP contribution in [-0.2, 0) is 4.79 Å². The Kier molecular flexibility index (Phi) is 4.24. The van der Waals surface area contributed by atoms with Crippen molar-refractivity contribution in [3.8, 4) is 11.8 Å². The maximum atomic E-state index is 11.7. The molecule has 0 aliphatic heterocycles. The third-order valence-electron chi connectivity index (χ3n) is 2.48. The smallest absolute Gasteiger partial charge is 0.258 e. The Morgan fingerprint density at radius 1 is 1.50 bits per heavy atom. The fourth-order valence-corrected chi connectivity index (χ4v) is 1.48. The molecule has 0 saturated carbocycles. The molecule has 2 rings (SSSR count). The van der Waals surface area contributed by atoms with Crippen molar-refractivity contribution in [1.29, 1.82) is 5.26 Å². The molecule has 8 heteroatoms. The van der Waals surface area contributed by atoms with E-state index >= 15 is 0 Å². The van der Waals surface area contributed by atoms with Crippen LogP contribution in [0.3, 0.4) is 0 Å². The van der Waals surface area contributed by atoms with Crippen molar-refractivity contribution in [2.45, 2.75) is 13.0 Å². The van der Waals surface area contributed by atoms with Gasteiger partial charge in [0, 0.05) is 0 Å². The molecular weight excluding hydrogens is 260 g/mol. The van der Waals surface area contributed by atoms with Crippen LogP contribution < -0.4 is 10.1 Å². The van der Waals surface area contributed by atoms with Crippen LogP contribution in [0.2, 0.25) is 0 Å². The fourth-order valence-electron chi connectivity index (χ4n) is 1.48. The minimum absolute atomic E-state index is 0.131. The van der Waals surface area contributed by atoms with Crippen LogP contribution in [0.25, 0.3) is 0 Å². The summed E-state index contributed by atoms with van der Waals surface area (Å²) in [5, 5.41) is 24.6. The maximum absolute atomic E-state index is 11.7. The van der Waals surface area contributed by atoms with E-state index in [1.807, 2.05) is 6.07 Å². The van der Waals surface area contributed by atoms with Gasteiger partial charge in [-0.15, -0.1) is 10.2 Å². The fraction of sp³-hybridized carbons (Fsp3) is 0.250. The van der Waals surface area contributed by atoms with E-state index in [0.29, 0.717) is 17.1 Å². The molecule has 1 aromatic heterocycles. The second-order valence-corrected chi connectivity index (χ2v) is 3.98. The van der Waals surface area contributed by atoms with Crippen molar-refractivity contribution in [2.75, 3.05) is 6.61 Å². The topological polar surface area (TPSA) is 117 Å². The normalized spacial score (nSPS) is 11.4. The number of rotatable bonds is 5. The van der Waals surface area contributed by atoms with Gasteiger partial charge in [0.05, 0.1) is 17.7 Å². The van der Waals surface area contributed by atoms with Crippen LogP contribution in [0, 0.1) is 11.3 Å². The summed E-state index contributed by atoms with van der Waals surface area (Å²) in [6.07, 6.45) is 0. The van der Waals surface area contributed by atoms with Crippen molar-refractivity contribution >= 4 is 5.91 Å². The maximum Gasteiger partial charge on any atom is 0.258 e. The number of benzene rings is 1. The zero-order chi connectivity index (χ0) is 14.4. The van der Waals surface area contributed by atoms with Gasteiger partial charge >= 0.3 is 0 Å². The van der Waals surface area contributed by atoms with Crippen LogP contribution in [-0.4, -0.2) is 33.1 Å². The zero-order valence-electron chi connectivity index (χ0n) is 10.7. The first-order valence-electron chi connectivity index (χ1n) is 5.84. The molecular formula is C12H12N6O2. The van der Waals surface area contributed by atoms with E-state index in [1.165, 1.54) is 0 Å². The number of tetrazole rings is 1. The Bertz CT molecular complexity index is 602. The molecule has 0 bridgehead atoms. The Morgan fingerprint density at radius 3 is 2.85 bits per heavy atom. The quantitative estimate of drug-likeness (QED) is 0.810. The molecule has 2 N–H and O–H groups in total. The lowest BCUT2D eigenvalue weighted by atomic mass is 10.2. The summed E-state index contributed by atoms with van der Waals surface area (Å²) in [7, 11) is 0. The summed E-state index contributed by atoms with van der Waals surface area (Å²) in [6, 6.07) is 8.15. The number of hydrogen-bond donors (Lipinski definition) is 2. The number of carbonyl (C=O) groups excluding carboxylic acids is 1. The highest BCUT2D eigenvalue weighted by Crippen LogP contribution is 2.11. The molecule has 8 nitrogen and oxygen atoms in total. The number of aromatic nitrogens is 4. The molecule has 0 saturated heterocycles. The highest BCUT2D eigenvalue weighted by Gasteiger charge is 2.13. The van der Waals surface area contributed by atoms with Gasteiger partial charge in [0.1, 0.15) is 5.75 Å². The lowest BCUT2D eigenvalue weighted by Crippen LogP contribution is -2.31. The molecule has 102 valence electrons. The Labute approximate surface area is 114 Å². The van der Waals surface area contributed by atoms with Gasteiger partial charge in [-0.25, -0.2) is 0 Å². The van der Waals surface area contributed by atoms with Gasteiger partial charge in [-0.1, -0.05) is 5.21 Å². The number of nitrogens with zero attached hydrogens (tertiary/aromatic N) is 4. The summed E-state index contributed by atoms with van der Waals surface area (Å²) in [4.78, 5) is 11.7. The number of carbonyl (C=O) groups is 1. The summed E-state index contributed by atoms with van der Waals surface area (Å²) >= 11 is 0. The molecule has 20 heavy (non-hydrogen) atoms. The number of hydrogen-bond acceptors (Lipinski definition) is 6. The molecule has 1 heterocycles. The van der Waals surface area contributed by atoms with Crippen molar-refractivity contribution < 1.29 is 9.53 Å². The van der Waals surface area contributed by atoms with Gasteiger partial charge in [-0.3, -0.25) is 4.79 Å². The van der Waals surface area contributed by atoms with Gasteiger partial charge in [0.2, 0.25) is 0 Å². The minimum Gasteiger partial charge on any atom is -0.484 e. The second kappa shape index (κ2) is 6.29. The van der Waals surface area contributed by atoms with E-state index in [4.69, 9.17) is 10.00 Å². The number of amides is 1. The van der Waals surface area contributed by atoms with Crippen molar-refractivity contribution in [2.24, 2.45) is 0 Å². The molecule has 1 aromatic carbocycles. The summed E-state index contributed by atoms with van der Waals surface area (Å²) < 4.78 is 5.30. The molecule has 0 fully saturated rings. The largest absolute Gasteiger partial charge is 0.484 e. The predicted molar refractivity (Wildman–Crippen MR) is 67.4 cm³/mol. The molecule has 1 amide bonds. The SMILES string of the molecule is CC(NC(=O)COc1ccc(C#N)cc1)c1nn[nH]n1. The molecule has 2 aromatic rings. The average Bonchev–Trinajstić information content (AvgIpc) is 3.00. The first kappa shape index (κ1) is 13.5. The monoisotopic (exact) mass is 272 g/mol. The van der Waals surface area contributed by atoms with Crippen LogP contribution in [0.4, 0.5) is 0 Å². The standard InChI is InChI=1S/C12H12N6O2/c1-8(12-15-17-18-16-12)14-11(19)7-20-10-4-2-9(6-13)3-5-10/h2-5,8H,7H2,1H3,(H,14,19)(H,15,16,17,18). The molecule has 0 aliphatic carbocycles. The number of nitriles is 1. The summed E-state index contributed by atoms with van der Waals surface area (Å²) in [6.45, 7) is 1.61. The van der Waals surface area contributed by atoms with Crippen molar-refractivity contribution in [3.63, 3.8) is 0 Å². The summed E-state index contributed by atoms with van der Waals surface area (Å²) in [5.41, 5.74) is 0.535. The highest BCUT2D eigenvalue weighted by atomic mass is 16.5. The van der Waals surface area contributed by atoms with Gasteiger partial charge in [-0.05, 0) is 31.2 Å². The van der Waals surface area contributed by atoms with E-state index < -0.39 is 0 Å². The number of aromatic amines is 1. The zero-order valence-corrected chi connectivity index (χ0v) is 10.7. The van der Waals surface area contributed by atoms with E-state index in [0.717, 1.165) is 0 Å². The lowest BCUT2D eigenvalue weighted by molar-refractivity contribution is -0.123. The van der Waals surface area contributed by atoms with Gasteiger partial charge in [0.25, 0.3) is 5.91 Å². The van der Waals surface area contributed by atoms with Gasteiger partial charge in [-0.2, -0.15) is 10.5 Å². The molecule has 1 atom stereocenters. The summed E-state index contributed by atoms with van der Waals surface area (Å²) in [5.74, 6) is 0.620. The first-order valence-corrected chi connectivity index (χ1v) is 5.84. The predicted octanol–water partition coefficient (Wildman–Crippen LogP) is 0.328. The Hall–Kier alpha value is -2.95. The average molecular weight is 272 g/mol. The minimum atomic E-state index is -0.356. The van der Waals surface area contributed by atoms with Crippen LogP contribution >= 0.6 is 0 Å². The first-order chi connectivity index (χ1) is 9.69. The Morgan fingerprint density at radius 2 is 2.25 bits per heavy atom. The third kappa shape index (κ3) is 3.52. The lowest BCUT2D eigenvalue weighted by Gasteiger charge is -2.10. The molecule has 0 aliphatic rings. The number of ether oxygens (including phenoxy) is 1. The van der Waals surface area contributed by atoms with Crippen LogP contribution in [0.5, 0.6) is 5.75 Å². The van der Waals surface area contributed by atoms with Crippen LogP contribution in [0.1, 0.15) is 24.4 Å². The van der Waals surface area contributed by atoms with Gasteiger partial charge < -0.3 is 10.1 Å². The van der Waals surface area contributed by atoms with Crippen molar-refractivity contribution in [1.82, 2.24) is 25.9 Å². The molecule has 0 spiro atoms. The van der Waals surface area contributed by atoms with Crippen LogP contribution in [0.15, 0.2) is 24.3 Å². The van der Waals surface area contributed by atoms with Gasteiger partial charge in [0.15, 0.2) is 12.4 Å². The Balaban J connectivity index is 1.81. The molecule has 1 unspecified atom stereocenters. The van der Waals surface area contributed by atoms with E-state index in [2.05, 4.69) is 25.9 Å². The number of H-pyrrole nitrogens is 1. The van der Waals surface area contributed by atoms with E-state index in [9.17, 15) is 4.79 Å². The second-order valence-electron chi connectivity index (χ2n) is 3.98. The van der Waals surface area contributed by atoms with E-state index in [-0.39, 0.29) is 18.6 Å². The number of nitrogens with one attached hydrogen (secondary N) is 2.